The summed E-state index contributed by atoms with van der Waals surface area (Å²) in [4.78, 5) is 26.2. The molecule has 32 heavy (non-hydrogen) atoms. The van der Waals surface area contributed by atoms with Gasteiger partial charge in [0.05, 0.1) is 19.8 Å². The van der Waals surface area contributed by atoms with Crippen molar-refractivity contribution in [3.63, 3.8) is 0 Å². The molecule has 0 spiro atoms. The lowest BCUT2D eigenvalue weighted by molar-refractivity contribution is 0.0940. The average molecular weight is 429 g/mol. The topological polar surface area (TPSA) is 91.2 Å². The fourth-order valence-corrected chi connectivity index (χ4v) is 3.34. The van der Waals surface area contributed by atoms with Crippen LogP contribution in [0.5, 0.6) is 11.5 Å². The number of hydrogen-bond donors (Lipinski definition) is 1. The second-order valence-corrected chi connectivity index (χ2v) is 7.11. The zero-order valence-corrected chi connectivity index (χ0v) is 18.0. The van der Waals surface area contributed by atoms with Crippen LogP contribution in [-0.4, -0.2) is 39.6 Å². The molecule has 2 aromatic heterocycles. The van der Waals surface area contributed by atoms with Crippen LogP contribution in [0.4, 0.5) is 0 Å². The molecule has 0 aliphatic heterocycles. The highest BCUT2D eigenvalue weighted by molar-refractivity contribution is 5.94. The number of methoxy groups -OCH3 is 2. The minimum atomic E-state index is -0.541. The van der Waals surface area contributed by atoms with E-state index >= 15 is 0 Å². The van der Waals surface area contributed by atoms with E-state index in [1.54, 1.807) is 26.5 Å². The number of ether oxygens (including phenoxy) is 2. The van der Waals surface area contributed by atoms with E-state index in [1.165, 1.54) is 12.4 Å². The van der Waals surface area contributed by atoms with Crippen molar-refractivity contribution in [2.75, 3.05) is 14.2 Å². The number of hydrogen-bond acceptors (Lipinski definition) is 6. The molecule has 0 bridgehead atoms. The molecule has 1 N–H and O–H groups in total. The van der Waals surface area contributed by atoms with Crippen molar-refractivity contribution in [1.29, 1.82) is 0 Å². The fraction of sp³-hybridized carbons (Fsp3) is 0.167. The smallest absolute Gasteiger partial charge is 0.255 e. The number of amides is 1. The molecule has 2 heterocycles. The molecule has 162 valence electrons. The molecule has 0 fully saturated rings. The van der Waals surface area contributed by atoms with Crippen molar-refractivity contribution in [1.82, 2.24) is 24.8 Å². The Hall–Kier alpha value is -4.20. The van der Waals surface area contributed by atoms with Crippen molar-refractivity contribution < 1.29 is 14.3 Å². The lowest BCUT2D eigenvalue weighted by atomic mass is 10.0. The Kier molecular flexibility index (Phi) is 6.12. The van der Waals surface area contributed by atoms with E-state index in [0.717, 1.165) is 11.1 Å². The van der Waals surface area contributed by atoms with Gasteiger partial charge in [-0.05, 0) is 17.7 Å². The van der Waals surface area contributed by atoms with Gasteiger partial charge in [0.1, 0.15) is 23.4 Å². The van der Waals surface area contributed by atoms with E-state index in [2.05, 4.69) is 20.3 Å². The molecule has 0 radical (unpaired) electrons. The molecule has 1 unspecified atom stereocenters. The van der Waals surface area contributed by atoms with E-state index in [9.17, 15) is 4.79 Å². The van der Waals surface area contributed by atoms with Crippen molar-refractivity contribution in [3.8, 4) is 22.9 Å². The van der Waals surface area contributed by atoms with Crippen LogP contribution in [0, 0.1) is 0 Å². The van der Waals surface area contributed by atoms with Gasteiger partial charge in [0.25, 0.3) is 5.91 Å². The van der Waals surface area contributed by atoms with Crippen LogP contribution in [0.25, 0.3) is 11.4 Å². The van der Waals surface area contributed by atoms with Crippen LogP contribution in [-0.2, 0) is 7.05 Å². The Morgan fingerprint density at radius 3 is 2.19 bits per heavy atom. The molecule has 1 atom stereocenters. The third kappa shape index (κ3) is 4.44. The van der Waals surface area contributed by atoms with Gasteiger partial charge >= 0.3 is 0 Å². The minimum absolute atomic E-state index is 0.320. The predicted octanol–water partition coefficient (Wildman–Crippen LogP) is 3.41. The first kappa shape index (κ1) is 21.0. The van der Waals surface area contributed by atoms with Gasteiger partial charge in [0.2, 0.25) is 0 Å². The fourth-order valence-electron chi connectivity index (χ4n) is 3.34. The maximum absolute atomic E-state index is 13.1. The summed E-state index contributed by atoms with van der Waals surface area (Å²) in [5.41, 5.74) is 2.00. The number of benzene rings is 2. The van der Waals surface area contributed by atoms with Crippen LogP contribution in [0.2, 0.25) is 0 Å². The second kappa shape index (κ2) is 9.30. The van der Waals surface area contributed by atoms with Crippen molar-refractivity contribution in [3.05, 3.63) is 90.3 Å². The molecule has 0 aliphatic rings. The molecule has 4 rings (SSSR count). The van der Waals surface area contributed by atoms with E-state index in [4.69, 9.17) is 9.47 Å². The van der Waals surface area contributed by atoms with Crippen LogP contribution in [0.15, 0.2) is 73.3 Å². The number of carbonyl (C=O) groups excluding carboxylic acids is 1. The number of aromatic nitrogens is 4. The number of imidazole rings is 1. The van der Waals surface area contributed by atoms with Crippen LogP contribution in [0.3, 0.4) is 0 Å². The molecule has 2 aromatic carbocycles. The Labute approximate surface area is 185 Å². The Morgan fingerprint density at radius 1 is 0.969 bits per heavy atom. The Balaban J connectivity index is 1.65. The third-order valence-electron chi connectivity index (χ3n) is 5.05. The summed E-state index contributed by atoms with van der Waals surface area (Å²) in [7, 11) is 5.04. The lowest BCUT2D eigenvalue weighted by Crippen LogP contribution is -2.31. The summed E-state index contributed by atoms with van der Waals surface area (Å²) in [6.45, 7) is 0. The number of nitrogens with one attached hydrogen (secondary N) is 1. The van der Waals surface area contributed by atoms with E-state index in [0.29, 0.717) is 28.7 Å². The third-order valence-corrected chi connectivity index (χ3v) is 5.05. The SMILES string of the molecule is COc1cc(OC)cc(C(NC(=O)c2cnc(-c3ccccc3)nc2)c2nccn2C)c1. The van der Waals surface area contributed by atoms with Crippen molar-refractivity contribution in [2.45, 2.75) is 6.04 Å². The van der Waals surface area contributed by atoms with Gasteiger partial charge in [-0.15, -0.1) is 0 Å². The van der Waals surface area contributed by atoms with Gasteiger partial charge in [-0.2, -0.15) is 0 Å². The van der Waals surface area contributed by atoms with Crippen LogP contribution in [0.1, 0.15) is 27.8 Å². The molecule has 8 nitrogen and oxygen atoms in total. The van der Waals surface area contributed by atoms with Crippen molar-refractivity contribution >= 4 is 5.91 Å². The first-order chi connectivity index (χ1) is 15.6. The Bertz CT molecular complexity index is 1180. The normalized spacial score (nSPS) is 11.6. The monoisotopic (exact) mass is 429 g/mol. The molecule has 0 aliphatic carbocycles. The lowest BCUT2D eigenvalue weighted by Gasteiger charge is -2.20. The number of carbonyl (C=O) groups is 1. The van der Waals surface area contributed by atoms with Gasteiger partial charge in [-0.25, -0.2) is 15.0 Å². The first-order valence-corrected chi connectivity index (χ1v) is 9.97. The first-order valence-electron chi connectivity index (χ1n) is 9.97. The van der Waals surface area contributed by atoms with Crippen LogP contribution >= 0.6 is 0 Å². The van der Waals surface area contributed by atoms with Gasteiger partial charge < -0.3 is 19.4 Å². The summed E-state index contributed by atoms with van der Waals surface area (Å²) in [5.74, 6) is 2.13. The molecule has 4 aromatic rings. The predicted molar refractivity (Wildman–Crippen MR) is 120 cm³/mol. The summed E-state index contributed by atoms with van der Waals surface area (Å²) < 4.78 is 12.7. The number of aryl methyl sites for hydroxylation is 1. The number of rotatable bonds is 7. The highest BCUT2D eigenvalue weighted by atomic mass is 16.5. The molecule has 8 heteroatoms. The molecular formula is C24H23N5O3. The maximum atomic E-state index is 13.1. The van der Waals surface area contributed by atoms with E-state index < -0.39 is 6.04 Å². The molecule has 1 amide bonds. The van der Waals surface area contributed by atoms with Gasteiger partial charge in [0.15, 0.2) is 5.82 Å². The van der Waals surface area contributed by atoms with E-state index in [1.807, 2.05) is 60.3 Å². The largest absolute Gasteiger partial charge is 0.497 e. The quantitative estimate of drug-likeness (QED) is 0.484. The number of nitrogens with zero attached hydrogens (tertiary/aromatic N) is 4. The minimum Gasteiger partial charge on any atom is -0.497 e. The summed E-state index contributed by atoms with van der Waals surface area (Å²) in [6.07, 6.45) is 6.55. The molecular weight excluding hydrogens is 406 g/mol. The van der Waals surface area contributed by atoms with Gasteiger partial charge in [0, 0.05) is 43.5 Å². The zero-order chi connectivity index (χ0) is 22.5. The summed E-state index contributed by atoms with van der Waals surface area (Å²) >= 11 is 0. The Morgan fingerprint density at radius 2 is 1.62 bits per heavy atom. The van der Waals surface area contributed by atoms with Gasteiger partial charge in [-0.3, -0.25) is 4.79 Å². The standard InChI is InChI=1S/C24H23N5O3/c1-29-10-9-25-23(29)21(17-11-19(31-2)13-20(12-17)32-3)28-24(30)18-14-26-22(27-15-18)16-7-5-4-6-8-16/h4-15,21H,1-3H3,(H,28,30). The van der Waals surface area contributed by atoms with Crippen LogP contribution < -0.4 is 14.8 Å². The summed E-state index contributed by atoms with van der Waals surface area (Å²) in [6, 6.07) is 14.5. The zero-order valence-electron chi connectivity index (χ0n) is 18.0. The van der Waals surface area contributed by atoms with Crippen molar-refractivity contribution in [2.24, 2.45) is 7.05 Å². The van der Waals surface area contributed by atoms with Gasteiger partial charge in [-0.1, -0.05) is 30.3 Å². The highest BCUT2D eigenvalue weighted by Gasteiger charge is 2.23. The molecule has 0 saturated heterocycles. The highest BCUT2D eigenvalue weighted by Crippen LogP contribution is 2.29. The molecule has 0 saturated carbocycles. The van der Waals surface area contributed by atoms with E-state index in [-0.39, 0.29) is 5.91 Å². The average Bonchev–Trinajstić information content (AvgIpc) is 3.28. The maximum Gasteiger partial charge on any atom is 0.255 e. The second-order valence-electron chi connectivity index (χ2n) is 7.11. The summed E-state index contributed by atoms with van der Waals surface area (Å²) in [5, 5.41) is 3.04.